The predicted molar refractivity (Wildman–Crippen MR) is 63.4 cm³/mol. The van der Waals surface area contributed by atoms with Gasteiger partial charge in [-0.15, -0.1) is 0 Å². The normalized spacial score (nSPS) is 44.9. The molecule has 2 heterocycles. The van der Waals surface area contributed by atoms with Crippen LogP contribution in [-0.2, 0) is 9.53 Å². The summed E-state index contributed by atoms with van der Waals surface area (Å²) < 4.78 is 6.03. The molecule has 0 aromatic carbocycles. The zero-order valence-electron chi connectivity index (χ0n) is 10.2. The Balaban J connectivity index is 2.45. The summed E-state index contributed by atoms with van der Waals surface area (Å²) in [7, 11) is 0. The minimum atomic E-state index is -2.29. The Labute approximate surface area is 95.9 Å². The third kappa shape index (κ3) is 1.44. The average Bonchev–Trinajstić information content (AvgIpc) is 2.54. The fraction of sp³-hybridized carbons (Fsp3) is 0.750. The summed E-state index contributed by atoms with van der Waals surface area (Å²) in [5.41, 5.74) is 0. The molecule has 0 amide bonds. The molecule has 1 saturated heterocycles. The van der Waals surface area contributed by atoms with E-state index in [2.05, 4.69) is 27.0 Å². The molecule has 0 N–H and O–H groups in total. The molecule has 0 spiro atoms. The van der Waals surface area contributed by atoms with Crippen molar-refractivity contribution in [1.29, 1.82) is 0 Å². The van der Waals surface area contributed by atoms with Gasteiger partial charge in [-0.3, -0.25) is 0 Å². The van der Waals surface area contributed by atoms with Gasteiger partial charge >= 0.3 is 96.1 Å². The van der Waals surface area contributed by atoms with Gasteiger partial charge in [-0.2, -0.15) is 0 Å². The van der Waals surface area contributed by atoms with Crippen molar-refractivity contribution in [2.45, 2.75) is 38.4 Å². The van der Waals surface area contributed by atoms with Crippen LogP contribution in [0.25, 0.3) is 0 Å². The summed E-state index contributed by atoms with van der Waals surface area (Å²) in [6.07, 6.45) is 4.37. The van der Waals surface area contributed by atoms with Gasteiger partial charge in [0.15, 0.2) is 0 Å². The summed E-state index contributed by atoms with van der Waals surface area (Å²) in [4.78, 5) is 19.2. The number of hydrogen-bond donors (Lipinski definition) is 0. The molecule has 0 aromatic rings. The van der Waals surface area contributed by atoms with E-state index in [-0.39, 0.29) is 21.6 Å². The van der Waals surface area contributed by atoms with Crippen LogP contribution in [0, 0.1) is 11.8 Å². The molecule has 2 aliphatic rings. The van der Waals surface area contributed by atoms with Crippen LogP contribution in [-0.4, -0.2) is 33.9 Å². The first kappa shape index (κ1) is 11.6. The van der Waals surface area contributed by atoms with E-state index in [4.69, 9.17) is 4.74 Å². The van der Waals surface area contributed by atoms with Gasteiger partial charge < -0.3 is 0 Å². The Morgan fingerprint density at radius 2 is 1.93 bits per heavy atom. The summed E-state index contributed by atoms with van der Waals surface area (Å²) in [6, 6.07) is 0. The fourth-order valence-corrected chi connectivity index (χ4v) is 10.1. The molecule has 0 aliphatic carbocycles. The molecule has 2 bridgehead atoms. The number of hydrogen-bond acceptors (Lipinski definition) is 2. The molecule has 3 heteroatoms. The van der Waals surface area contributed by atoms with Gasteiger partial charge in [-0.25, -0.2) is 0 Å². The average molecular weight is 315 g/mol. The molecule has 15 heavy (non-hydrogen) atoms. The van der Waals surface area contributed by atoms with Gasteiger partial charge in [0.05, 0.1) is 0 Å². The molecule has 1 fully saturated rings. The zero-order chi connectivity index (χ0) is 11.4. The number of Topliss-reactive ketones (excluding diaryl/α,β-unsaturated/α-hetero) is 1. The molecule has 0 saturated carbocycles. The van der Waals surface area contributed by atoms with E-state index in [0.29, 0.717) is 5.78 Å². The Bertz CT molecular complexity index is 329. The maximum absolute atomic E-state index is 12.2. The Hall–Kier alpha value is 0.169. The first-order valence-electron chi connectivity index (χ1n) is 5.70. The molecule has 2 aliphatic heterocycles. The van der Waals surface area contributed by atoms with E-state index < -0.39 is 18.4 Å². The molecule has 0 unspecified atom stereocenters. The number of ketones is 1. The van der Waals surface area contributed by atoms with Crippen molar-refractivity contribution in [3.8, 4) is 0 Å². The predicted octanol–water partition coefficient (Wildman–Crippen LogP) is 2.41. The van der Waals surface area contributed by atoms with E-state index in [1.54, 1.807) is 0 Å². The van der Waals surface area contributed by atoms with Crippen molar-refractivity contribution < 1.29 is 9.53 Å². The Kier molecular flexibility index (Phi) is 2.58. The van der Waals surface area contributed by atoms with E-state index in [1.165, 1.54) is 0 Å². The number of carbonyl (C=O) groups excluding carboxylic acids is 1. The number of ether oxygens (including phenoxy) is 1. The van der Waals surface area contributed by atoms with Crippen LogP contribution in [0.15, 0.2) is 12.2 Å². The second-order valence-corrected chi connectivity index (χ2v) is 21.0. The number of carbonyl (C=O) groups is 1. The van der Waals surface area contributed by atoms with Crippen LogP contribution in [0.3, 0.4) is 0 Å². The Morgan fingerprint density at radius 1 is 1.33 bits per heavy atom. The van der Waals surface area contributed by atoms with Crippen LogP contribution < -0.4 is 0 Å². The van der Waals surface area contributed by atoms with Gasteiger partial charge in [0.25, 0.3) is 0 Å². The van der Waals surface area contributed by atoms with Crippen molar-refractivity contribution in [3.63, 3.8) is 0 Å². The van der Waals surface area contributed by atoms with Crippen LogP contribution >= 0.6 is 0 Å². The van der Waals surface area contributed by atoms with E-state index in [9.17, 15) is 4.79 Å². The molecule has 0 radical (unpaired) electrons. The van der Waals surface area contributed by atoms with E-state index >= 15 is 0 Å². The Morgan fingerprint density at radius 3 is 2.47 bits per heavy atom. The first-order valence-corrected chi connectivity index (χ1v) is 15.7. The molecule has 84 valence electrons. The van der Waals surface area contributed by atoms with Gasteiger partial charge in [-0.1, -0.05) is 0 Å². The zero-order valence-corrected chi connectivity index (χ0v) is 13.1. The van der Waals surface area contributed by atoms with Crippen LogP contribution in [0.4, 0.5) is 0 Å². The van der Waals surface area contributed by atoms with Gasteiger partial charge in [-0.05, 0) is 0 Å². The SMILES string of the molecule is C[C@@H]1C(=O)[C@H](C)[C@@]2([Sn]([CH3])([CH3])[CH3])C=C[C@H]1O2. The van der Waals surface area contributed by atoms with Crippen molar-refractivity contribution >= 4 is 24.2 Å². The third-order valence-corrected chi connectivity index (χ3v) is 12.8. The quantitative estimate of drug-likeness (QED) is 0.549. The number of rotatable bonds is 1. The molecular formula is C12H20O2Sn. The van der Waals surface area contributed by atoms with Gasteiger partial charge in [0.2, 0.25) is 0 Å². The standard InChI is InChI=1S/C9H11O2.3CH3.Sn/c1-5-7-3-4-8(11-7)6(2)9(5)10;;;;/h3-7H,1-2H3;3*1H3;/t5-,6+,7+;;;;/m0..../s1. The monoisotopic (exact) mass is 316 g/mol. The van der Waals surface area contributed by atoms with E-state index in [1.807, 2.05) is 13.8 Å². The minimum absolute atomic E-state index is 0.0421. The van der Waals surface area contributed by atoms with Gasteiger partial charge in [0.1, 0.15) is 0 Å². The molecular weight excluding hydrogens is 295 g/mol. The van der Waals surface area contributed by atoms with Crippen molar-refractivity contribution in [3.05, 3.63) is 12.2 Å². The van der Waals surface area contributed by atoms with Crippen LogP contribution in [0.5, 0.6) is 0 Å². The summed E-state index contributed by atoms with van der Waals surface area (Å²) >= 11 is -2.29. The molecule has 4 atom stereocenters. The summed E-state index contributed by atoms with van der Waals surface area (Å²) in [6.45, 7) is 4.04. The van der Waals surface area contributed by atoms with E-state index in [0.717, 1.165) is 0 Å². The topological polar surface area (TPSA) is 26.3 Å². The van der Waals surface area contributed by atoms with Crippen LogP contribution in [0.1, 0.15) is 13.8 Å². The third-order valence-electron chi connectivity index (χ3n) is 4.05. The molecule has 0 aromatic heterocycles. The summed E-state index contributed by atoms with van der Waals surface area (Å²) in [5.74, 6) is 0.488. The maximum atomic E-state index is 12.2. The molecule has 2 rings (SSSR count). The van der Waals surface area contributed by atoms with Crippen molar-refractivity contribution in [2.75, 3.05) is 0 Å². The second-order valence-electron chi connectivity index (χ2n) is 5.90. The molecule has 2 nitrogen and oxygen atoms in total. The second kappa shape index (κ2) is 3.33. The summed E-state index contributed by atoms with van der Waals surface area (Å²) in [5, 5.41) is 0. The first-order chi connectivity index (χ1) is 6.79. The van der Waals surface area contributed by atoms with Crippen molar-refractivity contribution in [2.24, 2.45) is 11.8 Å². The fourth-order valence-electron chi connectivity index (χ4n) is 2.90. The number of fused-ring (bicyclic) bond motifs is 2. The van der Waals surface area contributed by atoms with Gasteiger partial charge in [0, 0.05) is 0 Å². The van der Waals surface area contributed by atoms with Crippen molar-refractivity contribution in [1.82, 2.24) is 0 Å². The van der Waals surface area contributed by atoms with Crippen LogP contribution in [0.2, 0.25) is 14.8 Å².